The average molecular weight is 332 g/mol. The summed E-state index contributed by atoms with van der Waals surface area (Å²) >= 11 is 0. The fourth-order valence-corrected chi connectivity index (χ4v) is 2.58. The molecule has 7 heteroatoms. The largest absolute Gasteiger partial charge is 0.403 e. The van der Waals surface area contributed by atoms with E-state index in [1.54, 1.807) is 17.1 Å². The second kappa shape index (κ2) is 6.56. The van der Waals surface area contributed by atoms with Gasteiger partial charge in [-0.25, -0.2) is 0 Å². The lowest BCUT2D eigenvalue weighted by atomic mass is 10.1. The van der Waals surface area contributed by atoms with Gasteiger partial charge in [0.1, 0.15) is 0 Å². The fraction of sp³-hybridized carbons (Fsp3) is 0.111. The third kappa shape index (κ3) is 3.25. The first-order valence-electron chi connectivity index (χ1n) is 7.85. The van der Waals surface area contributed by atoms with Crippen LogP contribution >= 0.6 is 0 Å². The van der Waals surface area contributed by atoms with Gasteiger partial charge < -0.3 is 9.73 Å². The second-order valence-electron chi connectivity index (χ2n) is 5.54. The number of aryl methyl sites for hydroxylation is 1. The van der Waals surface area contributed by atoms with Crippen LogP contribution in [0.25, 0.3) is 22.7 Å². The Labute approximate surface area is 144 Å². The van der Waals surface area contributed by atoms with E-state index in [-0.39, 0.29) is 0 Å². The summed E-state index contributed by atoms with van der Waals surface area (Å²) in [5, 5.41) is 15.8. The molecule has 7 nitrogen and oxygen atoms in total. The summed E-state index contributed by atoms with van der Waals surface area (Å²) in [6.07, 6.45) is 5.36. The van der Waals surface area contributed by atoms with Crippen molar-refractivity contribution in [3.8, 4) is 22.7 Å². The van der Waals surface area contributed by atoms with E-state index in [2.05, 4.69) is 25.6 Å². The maximum atomic E-state index is 5.66. The molecular weight excluding hydrogens is 316 g/mol. The first kappa shape index (κ1) is 15.1. The Hall–Kier alpha value is -3.48. The van der Waals surface area contributed by atoms with Crippen LogP contribution in [0.2, 0.25) is 0 Å². The minimum Gasteiger partial charge on any atom is -0.403 e. The summed E-state index contributed by atoms with van der Waals surface area (Å²) in [5.41, 5.74) is 3.90. The van der Waals surface area contributed by atoms with Gasteiger partial charge in [0, 0.05) is 48.9 Å². The molecule has 0 unspecified atom stereocenters. The monoisotopic (exact) mass is 332 g/mol. The number of anilines is 1. The van der Waals surface area contributed by atoms with Crippen molar-refractivity contribution in [2.75, 3.05) is 5.32 Å². The maximum absolute atomic E-state index is 5.66. The predicted molar refractivity (Wildman–Crippen MR) is 93.5 cm³/mol. The zero-order valence-corrected chi connectivity index (χ0v) is 13.6. The summed E-state index contributed by atoms with van der Waals surface area (Å²) in [7, 11) is 1.91. The smallest absolute Gasteiger partial charge is 0.316 e. The third-order valence-electron chi connectivity index (χ3n) is 3.73. The van der Waals surface area contributed by atoms with Crippen molar-refractivity contribution >= 4 is 6.01 Å². The van der Waals surface area contributed by atoms with Crippen molar-refractivity contribution < 1.29 is 4.42 Å². The van der Waals surface area contributed by atoms with Crippen LogP contribution in [0.5, 0.6) is 0 Å². The molecule has 0 spiro atoms. The van der Waals surface area contributed by atoms with Gasteiger partial charge in [-0.1, -0.05) is 35.4 Å². The van der Waals surface area contributed by atoms with Crippen LogP contribution in [-0.4, -0.2) is 25.0 Å². The zero-order chi connectivity index (χ0) is 17.1. The number of pyridine rings is 1. The number of hydrogen-bond donors (Lipinski definition) is 1. The summed E-state index contributed by atoms with van der Waals surface area (Å²) in [4.78, 5) is 3.98. The van der Waals surface area contributed by atoms with E-state index < -0.39 is 0 Å². The predicted octanol–water partition coefficient (Wildman–Crippen LogP) is 3.14. The first-order valence-corrected chi connectivity index (χ1v) is 7.85. The molecule has 0 amide bonds. The highest BCUT2D eigenvalue weighted by atomic mass is 16.4. The molecule has 0 bridgehead atoms. The molecule has 0 radical (unpaired) electrons. The van der Waals surface area contributed by atoms with Crippen LogP contribution in [0.1, 0.15) is 5.56 Å². The summed E-state index contributed by atoms with van der Waals surface area (Å²) < 4.78 is 7.46. The maximum Gasteiger partial charge on any atom is 0.316 e. The Kier molecular flexibility index (Phi) is 3.96. The van der Waals surface area contributed by atoms with Gasteiger partial charge in [-0.15, -0.1) is 5.10 Å². The lowest BCUT2D eigenvalue weighted by Gasteiger charge is -2.02. The topological polar surface area (TPSA) is 81.7 Å². The lowest BCUT2D eigenvalue weighted by Crippen LogP contribution is -2.00. The first-order chi connectivity index (χ1) is 12.3. The van der Waals surface area contributed by atoms with Gasteiger partial charge >= 0.3 is 6.01 Å². The Bertz CT molecular complexity index is 962. The van der Waals surface area contributed by atoms with Crippen molar-refractivity contribution in [1.29, 1.82) is 0 Å². The van der Waals surface area contributed by atoms with Gasteiger partial charge in [0.25, 0.3) is 0 Å². The Morgan fingerprint density at radius 1 is 1.00 bits per heavy atom. The van der Waals surface area contributed by atoms with Gasteiger partial charge in [0.15, 0.2) is 0 Å². The van der Waals surface area contributed by atoms with E-state index >= 15 is 0 Å². The molecule has 25 heavy (non-hydrogen) atoms. The molecule has 0 saturated carbocycles. The average Bonchev–Trinajstić information content (AvgIpc) is 3.28. The highest BCUT2D eigenvalue weighted by Crippen LogP contribution is 2.23. The van der Waals surface area contributed by atoms with Crippen LogP contribution in [0.3, 0.4) is 0 Å². The van der Waals surface area contributed by atoms with Gasteiger partial charge in [0.2, 0.25) is 5.89 Å². The van der Waals surface area contributed by atoms with Gasteiger partial charge in [-0.05, 0) is 12.1 Å². The third-order valence-corrected chi connectivity index (χ3v) is 3.73. The fourth-order valence-electron chi connectivity index (χ4n) is 2.58. The minimum absolute atomic E-state index is 0.370. The number of aromatic nitrogens is 5. The Balaban J connectivity index is 1.52. The lowest BCUT2D eigenvalue weighted by molar-refractivity contribution is 0.581. The number of benzene rings is 1. The van der Waals surface area contributed by atoms with Crippen molar-refractivity contribution in [2.45, 2.75) is 6.54 Å². The number of hydrogen-bond acceptors (Lipinski definition) is 6. The normalized spacial score (nSPS) is 10.8. The van der Waals surface area contributed by atoms with E-state index in [0.717, 1.165) is 22.4 Å². The molecule has 1 aromatic carbocycles. The molecule has 124 valence electrons. The Morgan fingerprint density at radius 3 is 2.60 bits per heavy atom. The molecular formula is C18H16N6O. The molecule has 0 atom stereocenters. The van der Waals surface area contributed by atoms with Crippen molar-refractivity contribution in [3.63, 3.8) is 0 Å². The highest BCUT2D eigenvalue weighted by Gasteiger charge is 2.12. The summed E-state index contributed by atoms with van der Waals surface area (Å²) in [6.45, 7) is 0.538. The molecule has 0 fully saturated rings. The van der Waals surface area contributed by atoms with Crippen LogP contribution in [-0.2, 0) is 13.6 Å². The quantitative estimate of drug-likeness (QED) is 0.604. The van der Waals surface area contributed by atoms with Gasteiger partial charge in [-0.2, -0.15) is 5.10 Å². The van der Waals surface area contributed by atoms with Gasteiger partial charge in [0.05, 0.1) is 5.69 Å². The molecule has 3 heterocycles. The van der Waals surface area contributed by atoms with Crippen molar-refractivity contribution in [1.82, 2.24) is 25.0 Å². The molecule has 0 aliphatic heterocycles. The SMILES string of the molecule is Cn1cc(CNc2nnc(-c3ccncc3)o2)c(-c2ccccc2)n1. The van der Waals surface area contributed by atoms with E-state index in [1.807, 2.05) is 55.7 Å². The minimum atomic E-state index is 0.370. The van der Waals surface area contributed by atoms with E-state index in [0.29, 0.717) is 18.5 Å². The van der Waals surface area contributed by atoms with Crippen molar-refractivity contribution in [2.24, 2.45) is 7.05 Å². The molecule has 4 rings (SSSR count). The van der Waals surface area contributed by atoms with Crippen LogP contribution in [0.15, 0.2) is 65.5 Å². The zero-order valence-electron chi connectivity index (χ0n) is 13.6. The van der Waals surface area contributed by atoms with Gasteiger partial charge in [-0.3, -0.25) is 9.67 Å². The number of nitrogens with one attached hydrogen (secondary N) is 1. The van der Waals surface area contributed by atoms with E-state index in [1.165, 1.54) is 0 Å². The molecule has 0 aliphatic carbocycles. The van der Waals surface area contributed by atoms with Crippen LogP contribution in [0.4, 0.5) is 6.01 Å². The molecule has 0 aliphatic rings. The van der Waals surface area contributed by atoms with Crippen LogP contribution in [0, 0.1) is 0 Å². The Morgan fingerprint density at radius 2 is 1.80 bits per heavy atom. The summed E-state index contributed by atoms with van der Waals surface area (Å²) in [6, 6.07) is 14.1. The summed E-state index contributed by atoms with van der Waals surface area (Å²) in [5.74, 6) is 0.458. The molecule has 0 saturated heterocycles. The second-order valence-corrected chi connectivity index (χ2v) is 5.54. The molecule has 1 N–H and O–H groups in total. The molecule has 4 aromatic rings. The van der Waals surface area contributed by atoms with E-state index in [4.69, 9.17) is 4.42 Å². The highest BCUT2D eigenvalue weighted by molar-refractivity contribution is 5.63. The number of nitrogens with zero attached hydrogens (tertiary/aromatic N) is 5. The van der Waals surface area contributed by atoms with E-state index in [9.17, 15) is 0 Å². The molecule has 3 aromatic heterocycles. The van der Waals surface area contributed by atoms with Crippen molar-refractivity contribution in [3.05, 3.63) is 66.6 Å². The number of rotatable bonds is 5. The standard InChI is InChI=1S/C18H16N6O/c1-24-12-15(16(23-24)13-5-3-2-4-6-13)11-20-18-22-21-17(25-18)14-7-9-19-10-8-14/h2-10,12H,11H2,1H3,(H,20,22). The van der Waals surface area contributed by atoms with Crippen LogP contribution < -0.4 is 5.32 Å².